The summed E-state index contributed by atoms with van der Waals surface area (Å²) in [5, 5.41) is 22.9. The van der Waals surface area contributed by atoms with Gasteiger partial charge in [0.15, 0.2) is 0 Å². The van der Waals surface area contributed by atoms with Gasteiger partial charge in [0, 0.05) is 146 Å². The second kappa shape index (κ2) is 45.7. The fraction of sp³-hybridized carbons (Fsp3) is 0.289. The Morgan fingerprint density at radius 2 is 0.734 bits per heavy atom. The first-order valence-corrected chi connectivity index (χ1v) is 41.8. The number of hydrogen-bond acceptors (Lipinski definition) is 14. The van der Waals surface area contributed by atoms with Crippen molar-refractivity contribution >= 4 is 40.7 Å². The average Bonchev–Trinajstić information content (AvgIpc) is 1.65. The van der Waals surface area contributed by atoms with Crippen molar-refractivity contribution < 1.29 is 91.0 Å². The Labute approximate surface area is 748 Å². The van der Waals surface area contributed by atoms with Crippen LogP contribution in [-0.2, 0) is 64.0 Å². The van der Waals surface area contributed by atoms with E-state index in [1.807, 2.05) is 104 Å². The summed E-state index contributed by atoms with van der Waals surface area (Å²) in [5.74, 6) is 0.704. The molecular weight excluding hydrogens is 1740 g/mol. The first kappa shape index (κ1) is 97.4. The van der Waals surface area contributed by atoms with Gasteiger partial charge in [0.2, 0.25) is 0 Å². The van der Waals surface area contributed by atoms with Crippen molar-refractivity contribution in [2.24, 2.45) is 10.8 Å². The minimum Gasteiger partial charge on any atom is -0.493 e. The van der Waals surface area contributed by atoms with Crippen LogP contribution in [0.1, 0.15) is 110 Å². The maximum atomic E-state index is 14.3. The van der Waals surface area contributed by atoms with Crippen molar-refractivity contribution in [3.05, 3.63) is 380 Å². The summed E-state index contributed by atoms with van der Waals surface area (Å²) in [5.41, 5.74) is 3.72. The molecule has 0 bridgehead atoms. The van der Waals surface area contributed by atoms with Gasteiger partial charge < -0.3 is 34.1 Å². The zero-order valence-electron chi connectivity index (χ0n) is 69.2. The number of halogens is 16. The monoisotopic (exact) mass is 1830 g/mol. The van der Waals surface area contributed by atoms with Gasteiger partial charge in [0.05, 0.1) is 47.6 Å². The van der Waals surface area contributed by atoms with E-state index in [1.165, 1.54) is 65.7 Å². The fourth-order valence-electron chi connectivity index (χ4n) is 13.8. The number of benzene rings is 8. The fourth-order valence-corrected chi connectivity index (χ4v) is 14.4. The molecule has 2 saturated carbocycles. The predicted molar refractivity (Wildman–Crippen MR) is 463 cm³/mol. The lowest BCUT2D eigenvalue weighted by molar-refractivity contribution is -0.138. The van der Waals surface area contributed by atoms with E-state index < -0.39 is 59.2 Å². The maximum absolute atomic E-state index is 14.3. The SMILES string of the molecule is CC(c1cccnc1)N(Cc1ccccc1Cl)CC(O)COc1ccc(C(F)(F)F)cc1.FC(F)(F)c1ccc(OCC2(CN(Cc3cccnc3)Cc3ccccc3Cl)CC2)cc1.Fc1ccccc1CN(Cc1cccnc1)CC1(COc2ccc(C(F)(F)F)cc2)CC1.O=C(c1cccnc1)N(Cc1ccccc1Cl)CC(O)COc1ccc(C(F)(F)F)cc1. The highest BCUT2D eigenvalue weighted by molar-refractivity contribution is 6.32. The summed E-state index contributed by atoms with van der Waals surface area (Å²) in [6.45, 7) is 7.38. The summed E-state index contributed by atoms with van der Waals surface area (Å²) in [4.78, 5) is 37.5. The van der Waals surface area contributed by atoms with Gasteiger partial charge in [0.1, 0.15) is 54.2 Å². The molecule has 128 heavy (non-hydrogen) atoms. The Bertz CT molecular complexity index is 5220. The Hall–Kier alpha value is -11.2. The second-order valence-electron chi connectivity index (χ2n) is 31.3. The largest absolute Gasteiger partial charge is 0.493 e. The molecule has 0 aliphatic heterocycles. The third-order valence-electron chi connectivity index (χ3n) is 21.1. The molecule has 2 N–H and O–H groups in total. The highest BCUT2D eigenvalue weighted by Crippen LogP contribution is 2.49. The highest BCUT2D eigenvalue weighted by Gasteiger charge is 2.47. The molecule has 8 aromatic carbocycles. The average molecular weight is 1840 g/mol. The van der Waals surface area contributed by atoms with Gasteiger partial charge in [-0.15, -0.1) is 0 Å². The Morgan fingerprint density at radius 1 is 0.391 bits per heavy atom. The quantitative estimate of drug-likeness (QED) is 0.0361. The molecule has 674 valence electrons. The van der Waals surface area contributed by atoms with Crippen LogP contribution in [0.15, 0.2) is 292 Å². The number of hydrogen-bond donors (Lipinski definition) is 2. The van der Waals surface area contributed by atoms with E-state index >= 15 is 0 Å². The van der Waals surface area contributed by atoms with Gasteiger partial charge in [-0.1, -0.05) is 126 Å². The van der Waals surface area contributed by atoms with E-state index in [0.717, 1.165) is 120 Å². The van der Waals surface area contributed by atoms with Gasteiger partial charge >= 0.3 is 24.7 Å². The summed E-state index contributed by atoms with van der Waals surface area (Å²) >= 11 is 19.0. The first-order valence-electron chi connectivity index (χ1n) is 40.7. The van der Waals surface area contributed by atoms with Crippen LogP contribution in [0.5, 0.6) is 23.0 Å². The molecular formula is C97H92Cl3F13N8O7. The number of alkyl halides is 12. The van der Waals surface area contributed by atoms with Crippen molar-refractivity contribution in [2.75, 3.05) is 52.6 Å². The van der Waals surface area contributed by atoms with Gasteiger partial charge in [-0.2, -0.15) is 52.7 Å². The Kier molecular flexibility index (Phi) is 34.7. The number of nitrogens with zero attached hydrogens (tertiary/aromatic N) is 8. The summed E-state index contributed by atoms with van der Waals surface area (Å²) < 4.78 is 190. The van der Waals surface area contributed by atoms with Crippen LogP contribution in [0.2, 0.25) is 15.1 Å². The molecule has 12 aromatic rings. The molecule has 2 aliphatic carbocycles. The van der Waals surface area contributed by atoms with E-state index in [-0.39, 0.29) is 72.9 Å². The Morgan fingerprint density at radius 3 is 1.09 bits per heavy atom. The molecule has 15 nitrogen and oxygen atoms in total. The lowest BCUT2D eigenvalue weighted by Gasteiger charge is -2.31. The lowest BCUT2D eigenvalue weighted by Crippen LogP contribution is -2.39. The smallest absolute Gasteiger partial charge is 0.416 e. The number of ether oxygens (including phenoxy) is 4. The standard InChI is InChI=1S/C25H24ClF3N2O.C25H24F4N2O.C24H24ClF3N2O2.C23H20ClF3N2O3/c2*26-23-6-2-1-5-20(23)16-31(15-19-4-3-13-30-14-19)17-24(11-12-24)18-32-22-9-7-21(8-10-22)25(27,28)29;1-17(18-6-4-12-29-13-18)30(14-19-5-2-3-7-23(19)25)15-21(31)16-32-22-10-8-20(9-11-22)24(26,27)28;24-21-6-2-1-4-17(21)13-29(22(31)16-5-3-11-28-12-16)14-19(30)15-32-20-9-7-18(8-10-20)23(25,26)27/h2*1-10,13-14H,11-12,15-18H2;2-13,17,21,31H,14-16H2,1H3;1-12,19,30H,13-15H2. The highest BCUT2D eigenvalue weighted by atomic mass is 35.5. The number of aromatic nitrogens is 4. The van der Waals surface area contributed by atoms with E-state index in [1.54, 1.807) is 85.7 Å². The number of rotatable bonds is 35. The number of aliphatic hydroxyl groups excluding tert-OH is 2. The first-order chi connectivity index (χ1) is 61.1. The van der Waals surface area contributed by atoms with Crippen molar-refractivity contribution in [3.8, 4) is 23.0 Å². The van der Waals surface area contributed by atoms with Crippen LogP contribution >= 0.6 is 34.8 Å². The van der Waals surface area contributed by atoms with Crippen molar-refractivity contribution in [1.29, 1.82) is 0 Å². The van der Waals surface area contributed by atoms with Crippen LogP contribution in [0.25, 0.3) is 0 Å². The zero-order valence-corrected chi connectivity index (χ0v) is 71.5. The number of aliphatic hydroxyl groups is 2. The summed E-state index contributed by atoms with van der Waals surface area (Å²) in [6, 6.07) is 62.1. The van der Waals surface area contributed by atoms with Crippen molar-refractivity contribution in [2.45, 2.75) is 115 Å². The van der Waals surface area contributed by atoms with E-state index in [9.17, 15) is 72.1 Å². The van der Waals surface area contributed by atoms with Crippen LogP contribution in [0.3, 0.4) is 0 Å². The van der Waals surface area contributed by atoms with E-state index in [2.05, 4.69) is 34.6 Å². The zero-order chi connectivity index (χ0) is 91.5. The maximum Gasteiger partial charge on any atom is 0.416 e. The molecule has 2 fully saturated rings. The molecule has 0 saturated heterocycles. The third kappa shape index (κ3) is 31.0. The third-order valence-corrected chi connectivity index (χ3v) is 22.2. The van der Waals surface area contributed by atoms with Gasteiger partial charge in [-0.3, -0.25) is 39.4 Å². The van der Waals surface area contributed by atoms with Gasteiger partial charge in [-0.25, -0.2) is 4.39 Å². The number of amides is 1. The number of carbonyl (C=O) groups is 1. The number of pyridine rings is 4. The van der Waals surface area contributed by atoms with Gasteiger partial charge in [-0.05, 0) is 218 Å². The van der Waals surface area contributed by atoms with Crippen LogP contribution < -0.4 is 18.9 Å². The molecule has 0 spiro atoms. The van der Waals surface area contributed by atoms with Crippen molar-refractivity contribution in [1.82, 2.24) is 39.5 Å². The van der Waals surface area contributed by atoms with Crippen molar-refractivity contribution in [3.63, 3.8) is 0 Å². The molecule has 14 rings (SSSR count). The summed E-state index contributed by atoms with van der Waals surface area (Å²) in [7, 11) is 0. The minimum atomic E-state index is -4.44. The minimum absolute atomic E-state index is 0.0217. The van der Waals surface area contributed by atoms with Gasteiger partial charge in [0.25, 0.3) is 5.91 Å². The molecule has 3 unspecified atom stereocenters. The van der Waals surface area contributed by atoms with Crippen LogP contribution in [-0.4, -0.2) is 120 Å². The predicted octanol–water partition coefficient (Wildman–Crippen LogP) is 23.3. The molecule has 31 heteroatoms. The molecule has 2 aliphatic rings. The van der Waals surface area contributed by atoms with E-state index in [0.29, 0.717) is 84.2 Å². The van der Waals surface area contributed by atoms with E-state index in [4.69, 9.17) is 53.8 Å². The molecule has 3 atom stereocenters. The lowest BCUT2D eigenvalue weighted by atomic mass is 10.1. The van der Waals surface area contributed by atoms with Crippen LogP contribution in [0, 0.1) is 16.6 Å². The molecule has 4 heterocycles. The molecule has 0 radical (unpaired) electrons. The van der Waals surface area contributed by atoms with Crippen LogP contribution in [0.4, 0.5) is 57.1 Å². The normalized spacial score (nSPS) is 14.0. The second-order valence-corrected chi connectivity index (χ2v) is 32.5. The molecule has 1 amide bonds. The Balaban J connectivity index is 0.000000165. The molecule has 4 aromatic heterocycles. The summed E-state index contributed by atoms with van der Waals surface area (Å²) in [6.07, 6.45) is -2.04. The number of carbonyl (C=O) groups excluding carboxylic acids is 1. The topological polar surface area (TPSA) is 159 Å².